The highest BCUT2D eigenvalue weighted by Crippen LogP contribution is 1.93. The molecule has 0 aliphatic rings. The number of allylic oxidation sites excluding steroid dienone is 1. The lowest BCUT2D eigenvalue weighted by Gasteiger charge is -1.76. The van der Waals surface area contributed by atoms with Crippen LogP contribution in [0.25, 0.3) is 6.08 Å². The molecule has 52 valence electrons. The first-order valence-electron chi connectivity index (χ1n) is 2.74. The van der Waals surface area contributed by atoms with Crippen LogP contribution in [0.15, 0.2) is 16.9 Å². The maximum atomic E-state index is 10.4. The number of carbonyl (C=O) groups excluding carboxylic acids is 1. The molecular formula is C6H6N2O2. The fourth-order valence-corrected chi connectivity index (χ4v) is 0.443. The van der Waals surface area contributed by atoms with E-state index in [2.05, 4.69) is 10.2 Å². The quantitative estimate of drug-likeness (QED) is 0.563. The fourth-order valence-electron chi connectivity index (χ4n) is 0.443. The van der Waals surface area contributed by atoms with Crippen molar-refractivity contribution in [2.75, 3.05) is 0 Å². The fraction of sp³-hybridized carbons (Fsp3) is 0.167. The molecule has 1 rings (SSSR count). The van der Waals surface area contributed by atoms with Crippen LogP contribution in [-0.2, 0) is 4.79 Å². The number of rotatable bonds is 2. The Labute approximate surface area is 57.6 Å². The molecule has 0 amide bonds. The Hall–Kier alpha value is -1.45. The number of hydrogen-bond donors (Lipinski definition) is 0. The van der Waals surface area contributed by atoms with Gasteiger partial charge in [-0.15, -0.1) is 10.2 Å². The van der Waals surface area contributed by atoms with Crippen molar-refractivity contribution in [1.29, 1.82) is 0 Å². The Morgan fingerprint density at radius 2 is 2.60 bits per heavy atom. The molecular weight excluding hydrogens is 132 g/mol. The highest BCUT2D eigenvalue weighted by atomic mass is 16.4. The predicted octanol–water partition coefficient (Wildman–Crippen LogP) is 0.672. The molecule has 0 unspecified atom stereocenters. The lowest BCUT2D eigenvalue weighted by Crippen LogP contribution is -1.79. The van der Waals surface area contributed by atoms with E-state index in [9.17, 15) is 4.79 Å². The minimum absolute atomic E-state index is 0.0433. The lowest BCUT2D eigenvalue weighted by molar-refractivity contribution is -0.112. The summed E-state index contributed by atoms with van der Waals surface area (Å²) in [4.78, 5) is 10.4. The van der Waals surface area contributed by atoms with Crippen molar-refractivity contribution in [3.63, 3.8) is 0 Å². The van der Waals surface area contributed by atoms with Crippen molar-refractivity contribution < 1.29 is 9.21 Å². The third-order valence-electron chi connectivity index (χ3n) is 0.838. The Kier molecular flexibility index (Phi) is 1.94. The molecule has 1 heterocycles. The van der Waals surface area contributed by atoms with Gasteiger partial charge < -0.3 is 4.42 Å². The van der Waals surface area contributed by atoms with Crippen molar-refractivity contribution in [2.45, 2.75) is 6.92 Å². The van der Waals surface area contributed by atoms with E-state index < -0.39 is 0 Å². The monoisotopic (exact) mass is 138 g/mol. The zero-order chi connectivity index (χ0) is 7.40. The van der Waals surface area contributed by atoms with Gasteiger partial charge in [0.25, 0.3) is 0 Å². The van der Waals surface area contributed by atoms with E-state index in [4.69, 9.17) is 4.42 Å². The summed E-state index contributed by atoms with van der Waals surface area (Å²) in [6.45, 7) is 1.45. The first kappa shape index (κ1) is 6.67. The van der Waals surface area contributed by atoms with Gasteiger partial charge in [0.2, 0.25) is 12.3 Å². The SMILES string of the molecule is CC(=O)C=Cc1nnco1. The number of hydrogen-bond acceptors (Lipinski definition) is 4. The van der Waals surface area contributed by atoms with Crippen LogP contribution < -0.4 is 0 Å². The van der Waals surface area contributed by atoms with E-state index in [1.807, 2.05) is 0 Å². The van der Waals surface area contributed by atoms with Gasteiger partial charge in [-0.05, 0) is 13.0 Å². The second kappa shape index (κ2) is 2.91. The average molecular weight is 138 g/mol. The molecule has 1 aromatic rings. The smallest absolute Gasteiger partial charge is 0.240 e. The number of aromatic nitrogens is 2. The van der Waals surface area contributed by atoms with E-state index in [0.717, 1.165) is 0 Å². The summed E-state index contributed by atoms with van der Waals surface area (Å²) in [6, 6.07) is 0. The summed E-state index contributed by atoms with van der Waals surface area (Å²) < 4.78 is 4.72. The van der Waals surface area contributed by atoms with E-state index in [0.29, 0.717) is 5.89 Å². The van der Waals surface area contributed by atoms with E-state index in [-0.39, 0.29) is 5.78 Å². The predicted molar refractivity (Wildman–Crippen MR) is 34.0 cm³/mol. The van der Waals surface area contributed by atoms with Crippen molar-refractivity contribution in [1.82, 2.24) is 10.2 Å². The Morgan fingerprint density at radius 3 is 3.10 bits per heavy atom. The number of ketones is 1. The third kappa shape index (κ3) is 1.81. The molecule has 1 aromatic heterocycles. The van der Waals surface area contributed by atoms with Gasteiger partial charge >= 0.3 is 0 Å². The maximum absolute atomic E-state index is 10.4. The standard InChI is InChI=1S/C6H6N2O2/c1-5(9)2-3-6-8-7-4-10-6/h2-4H,1H3. The molecule has 0 atom stereocenters. The minimum Gasteiger partial charge on any atom is -0.424 e. The maximum Gasteiger partial charge on any atom is 0.240 e. The zero-order valence-corrected chi connectivity index (χ0v) is 5.44. The van der Waals surface area contributed by atoms with Gasteiger partial charge in [0.15, 0.2) is 5.78 Å². The summed E-state index contributed by atoms with van der Waals surface area (Å²) in [5.74, 6) is 0.299. The highest BCUT2D eigenvalue weighted by molar-refractivity contribution is 5.90. The van der Waals surface area contributed by atoms with Gasteiger partial charge in [0, 0.05) is 6.08 Å². The van der Waals surface area contributed by atoms with Crippen molar-refractivity contribution >= 4 is 11.9 Å². The second-order valence-corrected chi connectivity index (χ2v) is 1.72. The molecule has 0 aliphatic heterocycles. The molecule has 0 saturated heterocycles. The van der Waals surface area contributed by atoms with Crippen LogP contribution in [0.3, 0.4) is 0 Å². The Balaban J connectivity index is 2.64. The van der Waals surface area contributed by atoms with E-state index in [1.54, 1.807) is 0 Å². The van der Waals surface area contributed by atoms with Gasteiger partial charge in [-0.2, -0.15) is 0 Å². The molecule has 0 N–H and O–H groups in total. The van der Waals surface area contributed by atoms with Crippen LogP contribution in [0, 0.1) is 0 Å². The van der Waals surface area contributed by atoms with Crippen LogP contribution in [0.1, 0.15) is 12.8 Å². The van der Waals surface area contributed by atoms with E-state index in [1.165, 1.54) is 25.5 Å². The molecule has 4 heteroatoms. The summed E-state index contributed by atoms with van der Waals surface area (Å²) in [5.41, 5.74) is 0. The minimum atomic E-state index is -0.0433. The number of nitrogens with zero attached hydrogens (tertiary/aromatic N) is 2. The molecule has 0 aromatic carbocycles. The van der Waals surface area contributed by atoms with Gasteiger partial charge in [0.05, 0.1) is 0 Å². The van der Waals surface area contributed by atoms with E-state index >= 15 is 0 Å². The first-order chi connectivity index (χ1) is 4.79. The average Bonchev–Trinajstić information content (AvgIpc) is 2.34. The largest absolute Gasteiger partial charge is 0.424 e. The topological polar surface area (TPSA) is 56.0 Å². The van der Waals surface area contributed by atoms with Crippen LogP contribution in [-0.4, -0.2) is 16.0 Å². The number of carbonyl (C=O) groups is 1. The molecule has 0 fully saturated rings. The van der Waals surface area contributed by atoms with Crippen molar-refractivity contribution in [2.24, 2.45) is 0 Å². The van der Waals surface area contributed by atoms with Gasteiger partial charge in [-0.1, -0.05) is 0 Å². The Morgan fingerprint density at radius 1 is 1.80 bits per heavy atom. The molecule has 0 spiro atoms. The summed E-state index contributed by atoms with van der Waals surface area (Å²) in [6.07, 6.45) is 4.04. The lowest BCUT2D eigenvalue weighted by atomic mass is 10.4. The molecule has 0 radical (unpaired) electrons. The second-order valence-electron chi connectivity index (χ2n) is 1.72. The summed E-state index contributed by atoms with van der Waals surface area (Å²) >= 11 is 0. The van der Waals surface area contributed by atoms with Gasteiger partial charge in [-0.3, -0.25) is 4.79 Å². The normalized spacial score (nSPS) is 10.5. The summed E-state index contributed by atoms with van der Waals surface area (Å²) in [7, 11) is 0. The van der Waals surface area contributed by atoms with Crippen LogP contribution >= 0.6 is 0 Å². The van der Waals surface area contributed by atoms with Crippen LogP contribution in [0.4, 0.5) is 0 Å². The zero-order valence-electron chi connectivity index (χ0n) is 5.44. The first-order valence-corrected chi connectivity index (χ1v) is 2.74. The molecule has 4 nitrogen and oxygen atoms in total. The van der Waals surface area contributed by atoms with Gasteiger partial charge in [-0.25, -0.2) is 0 Å². The summed E-state index contributed by atoms with van der Waals surface area (Å²) in [5, 5.41) is 6.95. The van der Waals surface area contributed by atoms with Gasteiger partial charge in [0.1, 0.15) is 0 Å². The molecule has 0 bridgehead atoms. The Bertz CT molecular complexity index is 238. The highest BCUT2D eigenvalue weighted by Gasteiger charge is 1.90. The van der Waals surface area contributed by atoms with Crippen LogP contribution in [0.2, 0.25) is 0 Å². The molecule has 0 aliphatic carbocycles. The molecule has 0 saturated carbocycles. The van der Waals surface area contributed by atoms with Crippen molar-refractivity contribution in [3.05, 3.63) is 18.4 Å². The van der Waals surface area contributed by atoms with Crippen LogP contribution in [0.5, 0.6) is 0 Å². The molecule has 10 heavy (non-hydrogen) atoms. The van der Waals surface area contributed by atoms with Crippen molar-refractivity contribution in [3.8, 4) is 0 Å². The third-order valence-corrected chi connectivity index (χ3v) is 0.838.